The predicted molar refractivity (Wildman–Crippen MR) is 125 cm³/mol. The lowest BCUT2D eigenvalue weighted by atomic mass is 9.63. The van der Waals surface area contributed by atoms with Crippen molar-refractivity contribution in [3.63, 3.8) is 0 Å². The molecule has 4 aliphatic carbocycles. The van der Waals surface area contributed by atoms with E-state index in [4.69, 9.17) is 11.6 Å². The van der Waals surface area contributed by atoms with E-state index in [1.54, 1.807) is 24.3 Å². The molecule has 0 N–H and O–H groups in total. The number of halogens is 1. The van der Waals surface area contributed by atoms with E-state index < -0.39 is 0 Å². The Bertz CT molecular complexity index is 1150. The summed E-state index contributed by atoms with van der Waals surface area (Å²) < 4.78 is 0. The quantitative estimate of drug-likeness (QED) is 0.485. The van der Waals surface area contributed by atoms with Gasteiger partial charge in [-0.3, -0.25) is 24.2 Å². The van der Waals surface area contributed by atoms with Gasteiger partial charge in [-0.15, -0.1) is 0 Å². The van der Waals surface area contributed by atoms with E-state index in [1.165, 1.54) is 9.80 Å². The Kier molecular flexibility index (Phi) is 4.73. The highest BCUT2D eigenvalue weighted by molar-refractivity contribution is 6.34. The van der Waals surface area contributed by atoms with E-state index >= 15 is 0 Å². The third kappa shape index (κ3) is 3.09. The van der Waals surface area contributed by atoms with E-state index in [0.29, 0.717) is 28.1 Å². The fourth-order valence-electron chi connectivity index (χ4n) is 6.25. The lowest BCUT2D eigenvalue weighted by Crippen LogP contribution is -2.45. The van der Waals surface area contributed by atoms with Crippen LogP contribution in [0.2, 0.25) is 5.02 Å². The molecule has 2 aromatic carbocycles. The van der Waals surface area contributed by atoms with Gasteiger partial charge in [-0.2, -0.15) is 0 Å². The Morgan fingerprint density at radius 2 is 1.58 bits per heavy atom. The molecule has 2 bridgehead atoms. The van der Waals surface area contributed by atoms with Gasteiger partial charge < -0.3 is 0 Å². The van der Waals surface area contributed by atoms with Crippen molar-refractivity contribution < 1.29 is 14.4 Å². The molecule has 0 spiro atoms. The first-order chi connectivity index (χ1) is 16.0. The number of aryl methyl sites for hydroxylation is 1. The van der Waals surface area contributed by atoms with Gasteiger partial charge in [-0.1, -0.05) is 54.9 Å². The maximum atomic E-state index is 13.6. The van der Waals surface area contributed by atoms with Gasteiger partial charge in [0.1, 0.15) is 6.67 Å². The van der Waals surface area contributed by atoms with Crippen LogP contribution in [0.4, 0.5) is 5.69 Å². The second-order valence-electron chi connectivity index (χ2n) is 9.63. The summed E-state index contributed by atoms with van der Waals surface area (Å²) in [5, 5.41) is 0.341. The minimum Gasteiger partial charge on any atom is -0.290 e. The SMILES string of the molecule is CCc1ccc(N(CN2C(=O)[C@@H]3[C@H]4C=C[C@H]([C@H]5C[C@H]45)[C@@H]3C2=O)C(=O)c2ccccc2Cl)cc1. The Balaban J connectivity index is 1.35. The fraction of sp³-hybridized carbons (Fsp3) is 0.370. The zero-order chi connectivity index (χ0) is 22.9. The average molecular weight is 461 g/mol. The zero-order valence-electron chi connectivity index (χ0n) is 18.4. The van der Waals surface area contributed by atoms with E-state index in [2.05, 4.69) is 19.1 Å². The van der Waals surface area contributed by atoms with Gasteiger partial charge in [0.15, 0.2) is 0 Å². The largest absolute Gasteiger partial charge is 0.290 e. The molecule has 168 valence electrons. The van der Waals surface area contributed by atoms with Crippen LogP contribution in [-0.4, -0.2) is 29.3 Å². The van der Waals surface area contributed by atoms with Crippen molar-refractivity contribution in [2.45, 2.75) is 19.8 Å². The molecule has 2 aromatic rings. The van der Waals surface area contributed by atoms with E-state index in [1.807, 2.05) is 24.3 Å². The van der Waals surface area contributed by atoms with Gasteiger partial charge in [-0.25, -0.2) is 0 Å². The second kappa shape index (κ2) is 7.56. The van der Waals surface area contributed by atoms with Crippen LogP contribution in [0.3, 0.4) is 0 Å². The lowest BCUT2D eigenvalue weighted by Gasteiger charge is -2.37. The number of carbonyl (C=O) groups is 3. The highest BCUT2D eigenvalue weighted by Gasteiger charge is 2.67. The summed E-state index contributed by atoms with van der Waals surface area (Å²) in [6, 6.07) is 14.5. The molecule has 1 heterocycles. The summed E-state index contributed by atoms with van der Waals surface area (Å²) >= 11 is 6.34. The Morgan fingerprint density at radius 1 is 0.970 bits per heavy atom. The molecule has 3 amide bonds. The van der Waals surface area contributed by atoms with Crippen molar-refractivity contribution in [3.05, 3.63) is 76.8 Å². The van der Waals surface area contributed by atoms with Crippen molar-refractivity contribution in [2.75, 3.05) is 11.6 Å². The van der Waals surface area contributed by atoms with Crippen molar-refractivity contribution >= 4 is 35.0 Å². The van der Waals surface area contributed by atoms with Gasteiger partial charge in [0, 0.05) is 5.69 Å². The molecular weight excluding hydrogens is 436 g/mol. The Hall–Kier alpha value is -2.92. The molecule has 5 nitrogen and oxygen atoms in total. The third-order valence-corrected chi connectivity index (χ3v) is 8.37. The minimum absolute atomic E-state index is 0.102. The topological polar surface area (TPSA) is 57.7 Å². The molecule has 1 saturated heterocycles. The standard InChI is InChI=1S/C27H25ClN2O3/c1-2-15-7-9-16(10-8-15)29(25(31)19-5-3-4-6-22(19)28)14-30-26(32)23-17-11-12-18(21-13-20(17)21)24(23)27(30)33/h3-12,17-18,20-21,23-24H,2,13-14H2,1H3/t17-,18+,20-,21-,23+,24-/m1/s1. The van der Waals surface area contributed by atoms with Gasteiger partial charge >= 0.3 is 0 Å². The molecule has 7 rings (SSSR count). The van der Waals surface area contributed by atoms with Crippen LogP contribution in [0.25, 0.3) is 0 Å². The van der Waals surface area contributed by atoms with Gasteiger partial charge in [0.25, 0.3) is 5.91 Å². The monoisotopic (exact) mass is 460 g/mol. The number of anilines is 1. The number of benzene rings is 2. The highest BCUT2D eigenvalue weighted by Crippen LogP contribution is 2.65. The summed E-state index contributed by atoms with van der Waals surface area (Å²) in [5.74, 6) is 0.219. The normalized spacial score (nSPS) is 30.9. The molecule has 0 unspecified atom stereocenters. The van der Waals surface area contributed by atoms with Crippen LogP contribution in [0.1, 0.15) is 29.3 Å². The molecule has 2 saturated carbocycles. The highest BCUT2D eigenvalue weighted by atomic mass is 35.5. The summed E-state index contributed by atoms with van der Waals surface area (Å²) in [5.41, 5.74) is 2.12. The number of allylic oxidation sites excluding steroid dienone is 2. The number of rotatable bonds is 5. The lowest BCUT2D eigenvalue weighted by molar-refractivity contribution is -0.140. The number of likely N-dealkylation sites (tertiary alicyclic amines) is 1. The molecule has 3 fully saturated rings. The van der Waals surface area contributed by atoms with Crippen molar-refractivity contribution in [3.8, 4) is 0 Å². The van der Waals surface area contributed by atoms with Crippen molar-refractivity contribution in [1.82, 2.24) is 4.90 Å². The van der Waals surface area contributed by atoms with E-state index in [-0.39, 0.29) is 48.1 Å². The summed E-state index contributed by atoms with van der Waals surface area (Å²) in [4.78, 5) is 43.4. The van der Waals surface area contributed by atoms with Gasteiger partial charge in [-0.05, 0) is 66.3 Å². The molecule has 6 atom stereocenters. The number of carbonyl (C=O) groups excluding carboxylic acids is 3. The van der Waals surface area contributed by atoms with Crippen LogP contribution >= 0.6 is 11.6 Å². The number of amides is 3. The molecular formula is C27H25ClN2O3. The molecule has 0 radical (unpaired) electrons. The molecule has 33 heavy (non-hydrogen) atoms. The summed E-state index contributed by atoms with van der Waals surface area (Å²) in [6.45, 7) is 1.97. The Labute approximate surface area is 198 Å². The van der Waals surface area contributed by atoms with Gasteiger partial charge in [0.05, 0.1) is 22.4 Å². The maximum absolute atomic E-state index is 13.6. The Morgan fingerprint density at radius 3 is 2.15 bits per heavy atom. The number of imide groups is 1. The minimum atomic E-state index is -0.329. The zero-order valence-corrected chi connectivity index (χ0v) is 19.1. The molecule has 5 aliphatic rings. The fourth-order valence-corrected chi connectivity index (χ4v) is 6.47. The number of hydrogen-bond acceptors (Lipinski definition) is 3. The third-order valence-electron chi connectivity index (χ3n) is 8.04. The first-order valence-electron chi connectivity index (χ1n) is 11.7. The number of nitrogens with zero attached hydrogens (tertiary/aromatic N) is 2. The van der Waals surface area contributed by atoms with Crippen molar-refractivity contribution in [2.24, 2.45) is 35.5 Å². The maximum Gasteiger partial charge on any atom is 0.261 e. The molecule has 6 heteroatoms. The van der Waals surface area contributed by atoms with Crippen LogP contribution in [0.5, 0.6) is 0 Å². The van der Waals surface area contributed by atoms with Crippen LogP contribution in [-0.2, 0) is 16.0 Å². The van der Waals surface area contributed by atoms with Crippen LogP contribution in [0.15, 0.2) is 60.7 Å². The number of hydrogen-bond donors (Lipinski definition) is 0. The van der Waals surface area contributed by atoms with Crippen LogP contribution in [0, 0.1) is 35.5 Å². The summed E-state index contributed by atoms with van der Waals surface area (Å²) in [6.07, 6.45) is 6.32. The van der Waals surface area contributed by atoms with Crippen LogP contribution < -0.4 is 4.90 Å². The predicted octanol–water partition coefficient (Wildman–Crippen LogP) is 4.56. The first kappa shape index (κ1) is 20.7. The average Bonchev–Trinajstić information content (AvgIpc) is 3.62. The molecule has 1 aliphatic heterocycles. The van der Waals surface area contributed by atoms with Crippen molar-refractivity contribution in [1.29, 1.82) is 0 Å². The second-order valence-corrected chi connectivity index (χ2v) is 10.0. The molecule has 0 aromatic heterocycles. The summed E-state index contributed by atoms with van der Waals surface area (Å²) in [7, 11) is 0. The van der Waals surface area contributed by atoms with E-state index in [9.17, 15) is 14.4 Å². The van der Waals surface area contributed by atoms with E-state index in [0.717, 1.165) is 18.4 Å². The smallest absolute Gasteiger partial charge is 0.261 e. The first-order valence-corrected chi connectivity index (χ1v) is 12.1. The van der Waals surface area contributed by atoms with Gasteiger partial charge in [0.2, 0.25) is 11.8 Å².